The molecule has 0 unspecified atom stereocenters. The molecule has 0 bridgehead atoms. The molecule has 0 fully saturated rings. The zero-order valence-electron chi connectivity index (χ0n) is 11.3. The van der Waals surface area contributed by atoms with Gasteiger partial charge in [-0.15, -0.1) is 0 Å². The summed E-state index contributed by atoms with van der Waals surface area (Å²) in [5.74, 6) is 0. The zero-order chi connectivity index (χ0) is 14.7. The molecule has 108 valence electrons. The third-order valence-electron chi connectivity index (χ3n) is 3.21. The SMILES string of the molecule is OCCCc1[nH]c2ncccc2c1Sc1ccc(Cl)cc1. The highest BCUT2D eigenvalue weighted by Gasteiger charge is 2.13. The van der Waals surface area contributed by atoms with E-state index in [0.29, 0.717) is 0 Å². The van der Waals surface area contributed by atoms with E-state index in [1.807, 2.05) is 30.3 Å². The predicted molar refractivity (Wildman–Crippen MR) is 87.1 cm³/mol. The maximum atomic E-state index is 9.06. The molecule has 0 spiro atoms. The van der Waals surface area contributed by atoms with Gasteiger partial charge in [-0.3, -0.25) is 0 Å². The Morgan fingerprint density at radius 3 is 2.76 bits per heavy atom. The van der Waals surface area contributed by atoms with Gasteiger partial charge in [0, 0.05) is 38.7 Å². The van der Waals surface area contributed by atoms with Crippen LogP contribution >= 0.6 is 23.4 Å². The van der Waals surface area contributed by atoms with Crippen LogP contribution in [0.4, 0.5) is 0 Å². The lowest BCUT2D eigenvalue weighted by Gasteiger charge is -2.04. The number of aliphatic hydroxyl groups excluding tert-OH is 1. The van der Waals surface area contributed by atoms with Gasteiger partial charge in [0.1, 0.15) is 5.65 Å². The summed E-state index contributed by atoms with van der Waals surface area (Å²) in [5.41, 5.74) is 2.01. The van der Waals surface area contributed by atoms with Crippen LogP contribution in [0, 0.1) is 0 Å². The van der Waals surface area contributed by atoms with Crippen LogP contribution in [-0.2, 0) is 6.42 Å². The molecule has 21 heavy (non-hydrogen) atoms. The summed E-state index contributed by atoms with van der Waals surface area (Å²) in [4.78, 5) is 10.0. The average molecular weight is 319 g/mol. The topological polar surface area (TPSA) is 48.9 Å². The van der Waals surface area contributed by atoms with Crippen molar-refractivity contribution in [1.82, 2.24) is 9.97 Å². The molecule has 5 heteroatoms. The van der Waals surface area contributed by atoms with E-state index in [-0.39, 0.29) is 6.61 Å². The first-order valence-corrected chi connectivity index (χ1v) is 7.97. The molecular formula is C16H15ClN2OS. The molecule has 0 saturated heterocycles. The van der Waals surface area contributed by atoms with Gasteiger partial charge in [-0.05, 0) is 49.2 Å². The lowest BCUT2D eigenvalue weighted by molar-refractivity contribution is 0.288. The third kappa shape index (κ3) is 3.23. The van der Waals surface area contributed by atoms with Gasteiger partial charge in [0.05, 0.1) is 0 Å². The number of halogens is 1. The maximum absolute atomic E-state index is 9.06. The molecule has 0 radical (unpaired) electrons. The largest absolute Gasteiger partial charge is 0.396 e. The van der Waals surface area contributed by atoms with Crippen LogP contribution in [0.15, 0.2) is 52.4 Å². The summed E-state index contributed by atoms with van der Waals surface area (Å²) in [6.07, 6.45) is 3.33. The number of aliphatic hydroxyl groups is 1. The Kier molecular flexibility index (Phi) is 4.48. The van der Waals surface area contributed by atoms with Crippen molar-refractivity contribution in [2.45, 2.75) is 22.6 Å². The van der Waals surface area contributed by atoms with E-state index in [2.05, 4.69) is 16.0 Å². The van der Waals surface area contributed by atoms with Gasteiger partial charge >= 0.3 is 0 Å². The number of rotatable bonds is 5. The van der Waals surface area contributed by atoms with Gasteiger partial charge in [-0.25, -0.2) is 4.98 Å². The van der Waals surface area contributed by atoms with Crippen molar-refractivity contribution in [3.8, 4) is 0 Å². The molecule has 3 nitrogen and oxygen atoms in total. The van der Waals surface area contributed by atoms with Crippen molar-refractivity contribution in [3.63, 3.8) is 0 Å². The fourth-order valence-electron chi connectivity index (χ4n) is 2.22. The number of aryl methyl sites for hydroxylation is 1. The average Bonchev–Trinajstić information content (AvgIpc) is 2.85. The first kappa shape index (κ1) is 14.4. The van der Waals surface area contributed by atoms with Gasteiger partial charge in [0.2, 0.25) is 0 Å². The number of pyridine rings is 1. The fourth-order valence-corrected chi connectivity index (χ4v) is 3.40. The Morgan fingerprint density at radius 2 is 2.00 bits per heavy atom. The summed E-state index contributed by atoms with van der Waals surface area (Å²) in [6.45, 7) is 0.188. The normalized spacial score (nSPS) is 11.1. The second-order valence-corrected chi connectivity index (χ2v) is 6.24. The van der Waals surface area contributed by atoms with Crippen LogP contribution in [0.1, 0.15) is 12.1 Å². The van der Waals surface area contributed by atoms with E-state index < -0.39 is 0 Å². The second-order valence-electron chi connectivity index (χ2n) is 4.72. The van der Waals surface area contributed by atoms with Crippen molar-refractivity contribution in [1.29, 1.82) is 0 Å². The number of nitrogens with zero attached hydrogens (tertiary/aromatic N) is 1. The lowest BCUT2D eigenvalue weighted by Crippen LogP contribution is -1.91. The third-order valence-corrected chi connectivity index (χ3v) is 4.64. The van der Waals surface area contributed by atoms with Crippen molar-refractivity contribution in [2.24, 2.45) is 0 Å². The molecule has 0 aliphatic heterocycles. The summed E-state index contributed by atoms with van der Waals surface area (Å²) in [7, 11) is 0. The summed E-state index contributed by atoms with van der Waals surface area (Å²) in [5, 5.41) is 10.9. The smallest absolute Gasteiger partial charge is 0.138 e. The minimum atomic E-state index is 0.188. The number of hydrogen-bond acceptors (Lipinski definition) is 3. The van der Waals surface area contributed by atoms with E-state index in [9.17, 15) is 0 Å². The van der Waals surface area contributed by atoms with Crippen LogP contribution in [0.2, 0.25) is 5.02 Å². The Hall–Kier alpha value is -1.49. The van der Waals surface area contributed by atoms with E-state index in [1.165, 1.54) is 4.90 Å². The second kappa shape index (κ2) is 6.52. The quantitative estimate of drug-likeness (QED) is 0.737. The van der Waals surface area contributed by atoms with Gasteiger partial charge in [-0.2, -0.15) is 0 Å². The van der Waals surface area contributed by atoms with Crippen molar-refractivity contribution < 1.29 is 5.11 Å². The minimum absolute atomic E-state index is 0.188. The molecule has 2 aromatic heterocycles. The van der Waals surface area contributed by atoms with Crippen LogP contribution in [0.3, 0.4) is 0 Å². The Morgan fingerprint density at radius 1 is 1.19 bits per heavy atom. The molecule has 0 saturated carbocycles. The van der Waals surface area contributed by atoms with E-state index >= 15 is 0 Å². The van der Waals surface area contributed by atoms with Crippen molar-refractivity contribution in [3.05, 3.63) is 53.3 Å². The molecule has 0 aliphatic rings. The highest BCUT2D eigenvalue weighted by molar-refractivity contribution is 7.99. The number of aromatic amines is 1. The molecule has 0 aliphatic carbocycles. The number of nitrogens with one attached hydrogen (secondary N) is 1. The molecule has 3 aromatic rings. The number of H-pyrrole nitrogens is 1. The summed E-state index contributed by atoms with van der Waals surface area (Å²) in [6, 6.07) is 11.8. The van der Waals surface area contributed by atoms with E-state index in [1.54, 1.807) is 18.0 Å². The van der Waals surface area contributed by atoms with Crippen molar-refractivity contribution in [2.75, 3.05) is 6.61 Å². The number of aromatic nitrogens is 2. The first-order valence-electron chi connectivity index (χ1n) is 6.78. The molecule has 0 atom stereocenters. The monoisotopic (exact) mass is 318 g/mol. The predicted octanol–water partition coefficient (Wildman–Crippen LogP) is 4.29. The highest BCUT2D eigenvalue weighted by atomic mass is 35.5. The number of benzene rings is 1. The van der Waals surface area contributed by atoms with Crippen LogP contribution < -0.4 is 0 Å². The van der Waals surface area contributed by atoms with Crippen LogP contribution in [0.5, 0.6) is 0 Å². The van der Waals surface area contributed by atoms with Gasteiger partial charge in [-0.1, -0.05) is 23.4 Å². The van der Waals surface area contributed by atoms with Gasteiger partial charge in [0.25, 0.3) is 0 Å². The number of fused-ring (bicyclic) bond motifs is 1. The Bertz CT molecular complexity index is 740. The lowest BCUT2D eigenvalue weighted by atomic mass is 10.2. The highest BCUT2D eigenvalue weighted by Crippen LogP contribution is 2.36. The molecule has 2 heterocycles. The standard InChI is InChI=1S/C16H15ClN2OS/c17-11-5-7-12(8-6-11)21-15-13-3-1-9-18-16(13)19-14(15)4-2-10-20/h1,3,5-9,20H,2,4,10H2,(H,18,19). The van der Waals surface area contributed by atoms with Gasteiger partial charge in [0.15, 0.2) is 0 Å². The Balaban J connectivity index is 1.99. The fraction of sp³-hybridized carbons (Fsp3) is 0.188. The summed E-state index contributed by atoms with van der Waals surface area (Å²) < 4.78 is 0. The minimum Gasteiger partial charge on any atom is -0.396 e. The zero-order valence-corrected chi connectivity index (χ0v) is 12.9. The number of hydrogen-bond donors (Lipinski definition) is 2. The van der Waals surface area contributed by atoms with E-state index in [0.717, 1.165) is 39.5 Å². The first-order chi connectivity index (χ1) is 10.3. The maximum Gasteiger partial charge on any atom is 0.138 e. The van der Waals surface area contributed by atoms with Crippen molar-refractivity contribution >= 4 is 34.4 Å². The van der Waals surface area contributed by atoms with Crippen LogP contribution in [-0.4, -0.2) is 21.7 Å². The molecular weight excluding hydrogens is 304 g/mol. The van der Waals surface area contributed by atoms with Gasteiger partial charge < -0.3 is 10.1 Å². The van der Waals surface area contributed by atoms with E-state index in [4.69, 9.17) is 16.7 Å². The molecule has 2 N–H and O–H groups in total. The van der Waals surface area contributed by atoms with Crippen LogP contribution in [0.25, 0.3) is 11.0 Å². The molecule has 1 aromatic carbocycles. The Labute approximate surface area is 132 Å². The molecule has 3 rings (SSSR count). The molecule has 0 amide bonds. The summed E-state index contributed by atoms with van der Waals surface area (Å²) >= 11 is 7.63.